The van der Waals surface area contributed by atoms with Gasteiger partial charge in [-0.25, -0.2) is 0 Å². The molecule has 1 aliphatic carbocycles. The Morgan fingerprint density at radius 1 is 1.24 bits per heavy atom. The molecule has 0 aromatic heterocycles. The molecule has 0 bridgehead atoms. The smallest absolute Gasteiger partial charge is 0.124 e. The van der Waals surface area contributed by atoms with Crippen LogP contribution in [0.5, 0.6) is 5.75 Å². The van der Waals surface area contributed by atoms with Crippen molar-refractivity contribution in [2.75, 3.05) is 41.3 Å². The molecule has 1 aromatic rings. The van der Waals surface area contributed by atoms with Crippen molar-refractivity contribution in [1.82, 2.24) is 9.80 Å². The first-order chi connectivity index (χ1) is 9.98. The summed E-state index contributed by atoms with van der Waals surface area (Å²) in [5.74, 6) is 0.754. The van der Waals surface area contributed by atoms with Crippen LogP contribution in [0.1, 0.15) is 30.9 Å². The van der Waals surface area contributed by atoms with E-state index in [4.69, 9.17) is 4.74 Å². The van der Waals surface area contributed by atoms with E-state index < -0.39 is 6.10 Å². The number of likely N-dealkylation sites (N-methyl/N-ethyl adjacent to an activating group) is 2. The molecule has 4 nitrogen and oxygen atoms in total. The van der Waals surface area contributed by atoms with E-state index in [2.05, 4.69) is 30.9 Å². The minimum absolute atomic E-state index is 0.287. The molecule has 1 saturated carbocycles. The number of ether oxygens (including phenoxy) is 1. The number of aliphatic hydroxyl groups is 1. The predicted octanol–water partition coefficient (Wildman–Crippen LogP) is 2.14. The van der Waals surface area contributed by atoms with E-state index >= 15 is 0 Å². The van der Waals surface area contributed by atoms with Crippen molar-refractivity contribution in [1.29, 1.82) is 0 Å². The van der Waals surface area contributed by atoms with Gasteiger partial charge in [0.15, 0.2) is 0 Å². The first-order valence-corrected chi connectivity index (χ1v) is 7.65. The SMILES string of the molecule is COc1ccccc1C(O)CN(C)CC1(N(C)C)CCC1. The number of nitrogens with zero attached hydrogens (tertiary/aromatic N) is 2. The van der Waals surface area contributed by atoms with Crippen LogP contribution in [0.15, 0.2) is 24.3 Å². The zero-order chi connectivity index (χ0) is 15.5. The predicted molar refractivity (Wildman–Crippen MR) is 85.7 cm³/mol. The fraction of sp³-hybridized carbons (Fsp3) is 0.647. The van der Waals surface area contributed by atoms with Gasteiger partial charge in [-0.15, -0.1) is 0 Å². The fourth-order valence-electron chi connectivity index (χ4n) is 3.23. The van der Waals surface area contributed by atoms with Crippen molar-refractivity contribution < 1.29 is 9.84 Å². The molecule has 21 heavy (non-hydrogen) atoms. The van der Waals surface area contributed by atoms with Gasteiger partial charge in [-0.2, -0.15) is 0 Å². The third-order valence-electron chi connectivity index (χ3n) is 4.78. The van der Waals surface area contributed by atoms with E-state index in [0.717, 1.165) is 17.9 Å². The van der Waals surface area contributed by atoms with Gasteiger partial charge in [0.25, 0.3) is 0 Å². The van der Waals surface area contributed by atoms with Crippen LogP contribution < -0.4 is 4.74 Å². The van der Waals surface area contributed by atoms with Crippen molar-refractivity contribution in [2.45, 2.75) is 30.9 Å². The van der Waals surface area contributed by atoms with E-state index in [1.165, 1.54) is 19.3 Å². The summed E-state index contributed by atoms with van der Waals surface area (Å²) >= 11 is 0. The van der Waals surface area contributed by atoms with Crippen molar-refractivity contribution in [3.8, 4) is 5.75 Å². The second-order valence-electron chi connectivity index (χ2n) is 6.43. The summed E-state index contributed by atoms with van der Waals surface area (Å²) in [6.07, 6.45) is 3.27. The molecule has 0 saturated heterocycles. The molecule has 2 rings (SSSR count). The lowest BCUT2D eigenvalue weighted by Crippen LogP contribution is -2.57. The maximum Gasteiger partial charge on any atom is 0.124 e. The van der Waals surface area contributed by atoms with Crippen LogP contribution in [0, 0.1) is 0 Å². The Morgan fingerprint density at radius 2 is 1.90 bits per heavy atom. The summed E-state index contributed by atoms with van der Waals surface area (Å²) < 4.78 is 5.33. The molecule has 4 heteroatoms. The zero-order valence-corrected chi connectivity index (χ0v) is 13.7. The summed E-state index contributed by atoms with van der Waals surface area (Å²) in [6, 6.07) is 7.69. The summed E-state index contributed by atoms with van der Waals surface area (Å²) in [5.41, 5.74) is 1.15. The third-order valence-corrected chi connectivity index (χ3v) is 4.78. The average molecular weight is 292 g/mol. The first kappa shape index (κ1) is 16.3. The number of rotatable bonds is 7. The quantitative estimate of drug-likeness (QED) is 0.835. The van der Waals surface area contributed by atoms with Crippen molar-refractivity contribution >= 4 is 0 Å². The Labute approximate surface area is 128 Å². The topological polar surface area (TPSA) is 35.9 Å². The normalized spacial score (nSPS) is 18.6. The molecule has 1 aromatic carbocycles. The molecule has 1 N–H and O–H groups in total. The van der Waals surface area contributed by atoms with Gasteiger partial charge >= 0.3 is 0 Å². The number of benzene rings is 1. The monoisotopic (exact) mass is 292 g/mol. The minimum atomic E-state index is -0.523. The minimum Gasteiger partial charge on any atom is -0.496 e. The summed E-state index contributed by atoms with van der Waals surface area (Å²) in [4.78, 5) is 4.57. The Bertz CT molecular complexity index is 458. The number of hydrogen-bond donors (Lipinski definition) is 1. The fourth-order valence-corrected chi connectivity index (χ4v) is 3.23. The van der Waals surface area contributed by atoms with E-state index in [1.54, 1.807) is 7.11 Å². The second kappa shape index (κ2) is 6.77. The highest BCUT2D eigenvalue weighted by atomic mass is 16.5. The highest BCUT2D eigenvalue weighted by molar-refractivity contribution is 5.35. The highest BCUT2D eigenvalue weighted by Gasteiger charge is 2.39. The van der Waals surface area contributed by atoms with Gasteiger partial charge in [0.1, 0.15) is 5.75 Å². The van der Waals surface area contributed by atoms with Gasteiger partial charge in [0, 0.05) is 24.2 Å². The zero-order valence-electron chi connectivity index (χ0n) is 13.7. The molecule has 0 aliphatic heterocycles. The Morgan fingerprint density at radius 3 is 2.43 bits per heavy atom. The molecule has 118 valence electrons. The lowest BCUT2D eigenvalue weighted by Gasteiger charge is -2.49. The standard InChI is InChI=1S/C17H28N2O2/c1-18(2)17(10-7-11-17)13-19(3)12-15(20)14-8-5-6-9-16(14)21-4/h5-6,8-9,15,20H,7,10-13H2,1-4H3. The lowest BCUT2D eigenvalue weighted by atomic mass is 9.75. The number of methoxy groups -OCH3 is 1. The van der Waals surface area contributed by atoms with Crippen LogP contribution in [0.4, 0.5) is 0 Å². The van der Waals surface area contributed by atoms with Crippen LogP contribution in [0.2, 0.25) is 0 Å². The molecular formula is C17H28N2O2. The molecule has 0 heterocycles. The third kappa shape index (κ3) is 3.57. The maximum atomic E-state index is 10.5. The van der Waals surface area contributed by atoms with Gasteiger partial charge in [-0.05, 0) is 46.5 Å². The van der Waals surface area contributed by atoms with Gasteiger partial charge < -0.3 is 19.6 Å². The lowest BCUT2D eigenvalue weighted by molar-refractivity contribution is 0.0144. The molecule has 0 spiro atoms. The van der Waals surface area contributed by atoms with E-state index in [1.807, 2.05) is 24.3 Å². The summed E-state index contributed by atoms with van der Waals surface area (Å²) in [7, 11) is 8.04. The van der Waals surface area contributed by atoms with E-state index in [9.17, 15) is 5.11 Å². The van der Waals surface area contributed by atoms with Crippen LogP contribution in [0.3, 0.4) is 0 Å². The highest BCUT2D eigenvalue weighted by Crippen LogP contribution is 2.37. The van der Waals surface area contributed by atoms with Gasteiger partial charge in [0.2, 0.25) is 0 Å². The Kier molecular flexibility index (Phi) is 5.25. The second-order valence-corrected chi connectivity index (χ2v) is 6.43. The molecule has 1 unspecified atom stereocenters. The number of aliphatic hydroxyl groups excluding tert-OH is 1. The van der Waals surface area contributed by atoms with Gasteiger partial charge in [0.05, 0.1) is 13.2 Å². The van der Waals surface area contributed by atoms with Gasteiger partial charge in [-0.3, -0.25) is 0 Å². The average Bonchev–Trinajstić information content (AvgIpc) is 2.42. The molecule has 1 aliphatic rings. The maximum absolute atomic E-state index is 10.5. The van der Waals surface area contributed by atoms with Crippen LogP contribution in [0.25, 0.3) is 0 Å². The molecule has 1 fully saturated rings. The van der Waals surface area contributed by atoms with Gasteiger partial charge in [-0.1, -0.05) is 18.2 Å². The van der Waals surface area contributed by atoms with Crippen molar-refractivity contribution in [2.24, 2.45) is 0 Å². The van der Waals surface area contributed by atoms with Crippen LogP contribution in [-0.2, 0) is 0 Å². The molecule has 1 atom stereocenters. The Hall–Kier alpha value is -1.10. The number of hydrogen-bond acceptors (Lipinski definition) is 4. The molecular weight excluding hydrogens is 264 g/mol. The molecule has 0 amide bonds. The van der Waals surface area contributed by atoms with Crippen molar-refractivity contribution in [3.63, 3.8) is 0 Å². The molecule has 0 radical (unpaired) electrons. The van der Waals surface area contributed by atoms with E-state index in [-0.39, 0.29) is 5.54 Å². The van der Waals surface area contributed by atoms with E-state index in [0.29, 0.717) is 6.54 Å². The summed E-state index contributed by atoms with van der Waals surface area (Å²) in [6.45, 7) is 1.61. The van der Waals surface area contributed by atoms with Crippen LogP contribution >= 0.6 is 0 Å². The van der Waals surface area contributed by atoms with Crippen LogP contribution in [-0.4, -0.2) is 61.8 Å². The Balaban J connectivity index is 1.97. The first-order valence-electron chi connectivity index (χ1n) is 7.65. The van der Waals surface area contributed by atoms with Crippen molar-refractivity contribution in [3.05, 3.63) is 29.8 Å². The number of para-hydroxylation sites is 1. The largest absolute Gasteiger partial charge is 0.496 e. The summed E-state index contributed by atoms with van der Waals surface area (Å²) in [5, 5.41) is 10.5.